The van der Waals surface area contributed by atoms with Gasteiger partial charge in [-0.25, -0.2) is 4.39 Å². The summed E-state index contributed by atoms with van der Waals surface area (Å²) in [4.78, 5) is 12.2. The average Bonchev–Trinajstić information content (AvgIpc) is 2.46. The van der Waals surface area contributed by atoms with Crippen LogP contribution in [-0.2, 0) is 0 Å². The number of halogens is 1. The van der Waals surface area contributed by atoms with E-state index in [0.29, 0.717) is 17.9 Å². The number of rotatable bonds is 2. The maximum Gasteiger partial charge on any atom is 0.205 e. The van der Waals surface area contributed by atoms with Crippen molar-refractivity contribution in [2.45, 2.75) is 6.10 Å². The summed E-state index contributed by atoms with van der Waals surface area (Å²) in [6.07, 6.45) is -0.628. The van der Waals surface area contributed by atoms with Gasteiger partial charge >= 0.3 is 0 Å². The van der Waals surface area contributed by atoms with Gasteiger partial charge in [-0.15, -0.1) is 0 Å². The Labute approximate surface area is 110 Å². The van der Waals surface area contributed by atoms with E-state index in [0.717, 1.165) is 5.69 Å². The number of ketones is 1. The SMILES string of the molecule is O=C(c1cccc(F)c1)C1CNc2ccccc2O1. The lowest BCUT2D eigenvalue weighted by Crippen LogP contribution is -2.37. The Morgan fingerprint density at radius 1 is 1.21 bits per heavy atom. The van der Waals surface area contributed by atoms with Crippen LogP contribution in [0.5, 0.6) is 5.75 Å². The number of nitrogens with one attached hydrogen (secondary N) is 1. The van der Waals surface area contributed by atoms with Crippen LogP contribution in [0.2, 0.25) is 0 Å². The number of carbonyl (C=O) groups is 1. The number of benzene rings is 2. The monoisotopic (exact) mass is 257 g/mol. The van der Waals surface area contributed by atoms with Crippen LogP contribution in [0.1, 0.15) is 10.4 Å². The average molecular weight is 257 g/mol. The van der Waals surface area contributed by atoms with Crippen LogP contribution < -0.4 is 10.1 Å². The number of Topliss-reactive ketones (excluding diaryl/α,β-unsaturated/α-hetero) is 1. The first-order valence-corrected chi connectivity index (χ1v) is 6.03. The summed E-state index contributed by atoms with van der Waals surface area (Å²) in [6.45, 7) is 0.381. The zero-order valence-electron chi connectivity index (χ0n) is 10.1. The lowest BCUT2D eigenvalue weighted by molar-refractivity contribution is 0.0801. The molecule has 1 N–H and O–H groups in total. The molecule has 1 aliphatic heterocycles. The first kappa shape index (κ1) is 11.7. The first-order valence-electron chi connectivity index (χ1n) is 6.03. The fraction of sp³-hybridized carbons (Fsp3) is 0.133. The van der Waals surface area contributed by atoms with Gasteiger partial charge in [-0.3, -0.25) is 4.79 Å². The number of fused-ring (bicyclic) bond motifs is 1. The van der Waals surface area contributed by atoms with Gasteiger partial charge in [0.2, 0.25) is 5.78 Å². The topological polar surface area (TPSA) is 38.3 Å². The van der Waals surface area contributed by atoms with Gasteiger partial charge in [0.15, 0.2) is 6.10 Å². The number of ether oxygens (including phenoxy) is 1. The second kappa shape index (κ2) is 4.72. The molecule has 0 aliphatic carbocycles. The molecule has 0 saturated heterocycles. The second-order valence-electron chi connectivity index (χ2n) is 4.36. The van der Waals surface area contributed by atoms with Gasteiger partial charge in [0.05, 0.1) is 12.2 Å². The zero-order chi connectivity index (χ0) is 13.2. The zero-order valence-corrected chi connectivity index (χ0v) is 10.1. The largest absolute Gasteiger partial charge is 0.478 e. The molecule has 1 aliphatic rings. The third-order valence-corrected chi connectivity index (χ3v) is 3.04. The summed E-state index contributed by atoms with van der Waals surface area (Å²) in [5.41, 5.74) is 1.19. The van der Waals surface area contributed by atoms with E-state index in [4.69, 9.17) is 4.74 Å². The Bertz CT molecular complexity index is 627. The second-order valence-corrected chi connectivity index (χ2v) is 4.36. The maximum atomic E-state index is 13.1. The molecule has 0 amide bonds. The highest BCUT2D eigenvalue weighted by molar-refractivity contribution is 6.00. The Morgan fingerprint density at radius 3 is 2.89 bits per heavy atom. The molecule has 0 fully saturated rings. The Kier molecular flexibility index (Phi) is 2.91. The van der Waals surface area contributed by atoms with Crippen LogP contribution >= 0.6 is 0 Å². The van der Waals surface area contributed by atoms with Crippen molar-refractivity contribution in [1.82, 2.24) is 0 Å². The molecule has 19 heavy (non-hydrogen) atoms. The summed E-state index contributed by atoms with van der Waals surface area (Å²) >= 11 is 0. The van der Waals surface area contributed by atoms with Crippen molar-refractivity contribution in [3.63, 3.8) is 0 Å². The molecule has 3 rings (SSSR count). The molecule has 96 valence electrons. The summed E-state index contributed by atoms with van der Waals surface area (Å²) in [5, 5.41) is 3.14. The summed E-state index contributed by atoms with van der Waals surface area (Å²) in [5.74, 6) is 0.0000230. The van der Waals surface area contributed by atoms with Gasteiger partial charge in [0.25, 0.3) is 0 Å². The summed E-state index contributed by atoms with van der Waals surface area (Å²) in [7, 11) is 0. The molecule has 0 spiro atoms. The quantitative estimate of drug-likeness (QED) is 0.841. The van der Waals surface area contributed by atoms with Crippen LogP contribution in [0.3, 0.4) is 0 Å². The van der Waals surface area contributed by atoms with Crippen LogP contribution in [0.25, 0.3) is 0 Å². The normalized spacial score (nSPS) is 17.0. The fourth-order valence-corrected chi connectivity index (χ4v) is 2.09. The van der Waals surface area contributed by atoms with E-state index in [1.165, 1.54) is 18.2 Å². The van der Waals surface area contributed by atoms with Crippen molar-refractivity contribution in [2.75, 3.05) is 11.9 Å². The highest BCUT2D eigenvalue weighted by Crippen LogP contribution is 2.29. The molecule has 0 bridgehead atoms. The van der Waals surface area contributed by atoms with E-state index in [2.05, 4.69) is 5.32 Å². The molecule has 1 heterocycles. The molecule has 2 aromatic rings. The number of carbonyl (C=O) groups excluding carboxylic acids is 1. The number of hydrogen-bond donors (Lipinski definition) is 1. The van der Waals surface area contributed by atoms with Crippen molar-refractivity contribution in [1.29, 1.82) is 0 Å². The van der Waals surface area contributed by atoms with Crippen LogP contribution in [-0.4, -0.2) is 18.4 Å². The predicted octanol–water partition coefficient (Wildman–Crippen LogP) is 2.88. The van der Waals surface area contributed by atoms with E-state index < -0.39 is 11.9 Å². The molecule has 0 saturated carbocycles. The minimum atomic E-state index is -0.628. The number of hydrogen-bond acceptors (Lipinski definition) is 3. The highest BCUT2D eigenvalue weighted by atomic mass is 19.1. The van der Waals surface area contributed by atoms with Crippen LogP contribution in [0, 0.1) is 5.82 Å². The first-order chi connectivity index (χ1) is 9.24. The third kappa shape index (κ3) is 2.29. The molecule has 2 aromatic carbocycles. The van der Waals surface area contributed by atoms with Crippen molar-refractivity contribution in [3.05, 3.63) is 59.9 Å². The van der Waals surface area contributed by atoms with Gasteiger partial charge in [0.1, 0.15) is 11.6 Å². The van der Waals surface area contributed by atoms with E-state index in [9.17, 15) is 9.18 Å². The molecular formula is C15H12FNO2. The van der Waals surface area contributed by atoms with E-state index in [1.54, 1.807) is 12.1 Å². The Hall–Kier alpha value is -2.36. The van der Waals surface area contributed by atoms with Crippen LogP contribution in [0.4, 0.5) is 10.1 Å². The summed E-state index contributed by atoms with van der Waals surface area (Å²) in [6, 6.07) is 13.1. The molecular weight excluding hydrogens is 245 g/mol. The highest BCUT2D eigenvalue weighted by Gasteiger charge is 2.26. The van der Waals surface area contributed by atoms with Gasteiger partial charge in [-0.1, -0.05) is 24.3 Å². The Morgan fingerprint density at radius 2 is 2.05 bits per heavy atom. The lowest BCUT2D eigenvalue weighted by atomic mass is 10.0. The third-order valence-electron chi connectivity index (χ3n) is 3.04. The molecule has 0 aromatic heterocycles. The van der Waals surface area contributed by atoms with Crippen molar-refractivity contribution in [3.8, 4) is 5.75 Å². The minimum Gasteiger partial charge on any atom is -0.478 e. The van der Waals surface area contributed by atoms with Crippen LogP contribution in [0.15, 0.2) is 48.5 Å². The number of para-hydroxylation sites is 2. The standard InChI is InChI=1S/C15H12FNO2/c16-11-5-3-4-10(8-11)15(18)14-9-17-12-6-1-2-7-13(12)19-14/h1-8,14,17H,9H2. The fourth-order valence-electron chi connectivity index (χ4n) is 2.09. The number of anilines is 1. The molecule has 1 unspecified atom stereocenters. The maximum absolute atomic E-state index is 13.1. The Balaban J connectivity index is 1.83. The van der Waals surface area contributed by atoms with Crippen molar-refractivity contribution >= 4 is 11.5 Å². The molecule has 3 nitrogen and oxygen atoms in total. The smallest absolute Gasteiger partial charge is 0.205 e. The lowest BCUT2D eigenvalue weighted by Gasteiger charge is -2.26. The molecule has 4 heteroatoms. The summed E-state index contributed by atoms with van der Waals surface area (Å²) < 4.78 is 18.8. The molecule has 0 radical (unpaired) electrons. The van der Waals surface area contributed by atoms with Gasteiger partial charge < -0.3 is 10.1 Å². The van der Waals surface area contributed by atoms with Gasteiger partial charge in [0, 0.05) is 5.56 Å². The van der Waals surface area contributed by atoms with Gasteiger partial charge in [-0.05, 0) is 24.3 Å². The van der Waals surface area contributed by atoms with E-state index in [1.807, 2.05) is 18.2 Å². The van der Waals surface area contributed by atoms with Gasteiger partial charge in [-0.2, -0.15) is 0 Å². The minimum absolute atomic E-state index is 0.221. The van der Waals surface area contributed by atoms with E-state index in [-0.39, 0.29) is 5.78 Å². The van der Waals surface area contributed by atoms with Crippen molar-refractivity contribution in [2.24, 2.45) is 0 Å². The predicted molar refractivity (Wildman–Crippen MR) is 70.1 cm³/mol. The van der Waals surface area contributed by atoms with Crippen molar-refractivity contribution < 1.29 is 13.9 Å². The molecule has 1 atom stereocenters. The van der Waals surface area contributed by atoms with E-state index >= 15 is 0 Å².